The van der Waals surface area contributed by atoms with Gasteiger partial charge in [0.15, 0.2) is 11.4 Å². The molecule has 4 aromatic rings. The zero-order valence-corrected chi connectivity index (χ0v) is 14.1. The third kappa shape index (κ3) is 2.69. The number of hydrogen-bond donors (Lipinski definition) is 2. The van der Waals surface area contributed by atoms with Crippen LogP contribution in [-0.4, -0.2) is 30.3 Å². The highest BCUT2D eigenvalue weighted by Crippen LogP contribution is 2.22. The standard InChI is InChI=1S/C19H17N5O2/c1-2-23-15-11-7-6-10-14(15)20-19(23)21-18(26)17-16(25)12-24(22-17)13-8-4-3-5-9-13/h3-12,25H,2H2,1H3,(H,20,21,26). The topological polar surface area (TPSA) is 85.0 Å². The minimum atomic E-state index is -0.512. The first-order valence-electron chi connectivity index (χ1n) is 8.28. The van der Waals surface area contributed by atoms with Crippen molar-refractivity contribution in [1.82, 2.24) is 19.3 Å². The maximum atomic E-state index is 12.6. The number of carbonyl (C=O) groups is 1. The molecule has 7 heteroatoms. The van der Waals surface area contributed by atoms with Crippen LogP contribution in [0.2, 0.25) is 0 Å². The molecule has 0 aliphatic heterocycles. The van der Waals surface area contributed by atoms with Crippen molar-refractivity contribution in [2.24, 2.45) is 0 Å². The van der Waals surface area contributed by atoms with Gasteiger partial charge < -0.3 is 9.67 Å². The molecular formula is C19H17N5O2. The monoisotopic (exact) mass is 347 g/mol. The zero-order chi connectivity index (χ0) is 18.1. The van der Waals surface area contributed by atoms with Gasteiger partial charge in [-0.3, -0.25) is 10.1 Å². The van der Waals surface area contributed by atoms with Crippen molar-refractivity contribution in [2.75, 3.05) is 5.32 Å². The molecule has 0 aliphatic carbocycles. The highest BCUT2D eigenvalue weighted by molar-refractivity contribution is 6.04. The molecule has 130 valence electrons. The Morgan fingerprint density at radius 2 is 1.85 bits per heavy atom. The van der Waals surface area contributed by atoms with Gasteiger partial charge in [-0.25, -0.2) is 9.67 Å². The first kappa shape index (κ1) is 15.9. The molecule has 2 aromatic heterocycles. The van der Waals surface area contributed by atoms with Gasteiger partial charge in [0.05, 0.1) is 22.9 Å². The Balaban J connectivity index is 1.66. The number of imidazole rings is 1. The van der Waals surface area contributed by atoms with Gasteiger partial charge in [-0.15, -0.1) is 0 Å². The van der Waals surface area contributed by atoms with Crippen molar-refractivity contribution >= 4 is 22.9 Å². The van der Waals surface area contributed by atoms with Crippen LogP contribution >= 0.6 is 0 Å². The maximum absolute atomic E-state index is 12.6. The fourth-order valence-corrected chi connectivity index (χ4v) is 2.89. The molecule has 0 atom stereocenters. The van der Waals surface area contributed by atoms with Gasteiger partial charge in [-0.1, -0.05) is 30.3 Å². The van der Waals surface area contributed by atoms with E-state index in [0.29, 0.717) is 12.5 Å². The molecule has 4 rings (SSSR count). The average Bonchev–Trinajstić information content (AvgIpc) is 3.22. The molecule has 0 unspecified atom stereocenters. The number of aryl methyl sites for hydroxylation is 1. The summed E-state index contributed by atoms with van der Waals surface area (Å²) < 4.78 is 3.37. The molecule has 0 radical (unpaired) electrons. The lowest BCUT2D eigenvalue weighted by Crippen LogP contribution is -2.17. The number of carbonyl (C=O) groups excluding carboxylic acids is 1. The van der Waals surface area contributed by atoms with E-state index in [9.17, 15) is 9.90 Å². The van der Waals surface area contributed by atoms with E-state index in [1.807, 2.05) is 66.1 Å². The summed E-state index contributed by atoms with van der Waals surface area (Å²) in [5.74, 6) is -0.278. The van der Waals surface area contributed by atoms with Crippen LogP contribution in [0.4, 0.5) is 5.95 Å². The largest absolute Gasteiger partial charge is 0.504 e. The van der Waals surface area contributed by atoms with Crippen molar-refractivity contribution in [3.8, 4) is 11.4 Å². The van der Waals surface area contributed by atoms with Crippen molar-refractivity contribution in [2.45, 2.75) is 13.5 Å². The predicted octanol–water partition coefficient (Wildman–Crippen LogP) is 3.20. The molecule has 0 saturated carbocycles. The molecule has 26 heavy (non-hydrogen) atoms. The molecule has 0 aliphatic rings. The predicted molar refractivity (Wildman–Crippen MR) is 98.6 cm³/mol. The maximum Gasteiger partial charge on any atom is 0.282 e. The molecule has 2 heterocycles. The summed E-state index contributed by atoms with van der Waals surface area (Å²) in [4.78, 5) is 17.1. The molecule has 0 saturated heterocycles. The summed E-state index contributed by atoms with van der Waals surface area (Å²) in [5.41, 5.74) is 2.43. The molecule has 2 aromatic carbocycles. The number of anilines is 1. The minimum absolute atomic E-state index is 0.0523. The fourth-order valence-electron chi connectivity index (χ4n) is 2.89. The Kier molecular flexibility index (Phi) is 3.89. The van der Waals surface area contributed by atoms with E-state index in [0.717, 1.165) is 16.7 Å². The highest BCUT2D eigenvalue weighted by atomic mass is 16.3. The van der Waals surface area contributed by atoms with Crippen LogP contribution < -0.4 is 5.32 Å². The van der Waals surface area contributed by atoms with E-state index in [1.165, 1.54) is 10.9 Å². The number of aromatic nitrogens is 4. The van der Waals surface area contributed by atoms with Gasteiger partial charge in [0.1, 0.15) is 0 Å². The van der Waals surface area contributed by atoms with E-state index < -0.39 is 5.91 Å². The zero-order valence-electron chi connectivity index (χ0n) is 14.1. The van der Waals surface area contributed by atoms with Crippen molar-refractivity contribution in [3.63, 3.8) is 0 Å². The Hall–Kier alpha value is -3.61. The summed E-state index contributed by atoms with van der Waals surface area (Å²) in [7, 11) is 0. The van der Waals surface area contributed by atoms with Crippen LogP contribution in [0.5, 0.6) is 5.75 Å². The van der Waals surface area contributed by atoms with Gasteiger partial charge in [-0.05, 0) is 31.2 Å². The Bertz CT molecular complexity index is 1080. The molecule has 0 fully saturated rings. The molecular weight excluding hydrogens is 330 g/mol. The lowest BCUT2D eigenvalue weighted by atomic mass is 10.3. The molecule has 0 spiro atoms. The number of fused-ring (bicyclic) bond motifs is 1. The van der Waals surface area contributed by atoms with Crippen molar-refractivity contribution in [3.05, 3.63) is 66.5 Å². The van der Waals surface area contributed by atoms with Gasteiger partial charge >= 0.3 is 0 Å². The Morgan fingerprint density at radius 1 is 1.12 bits per heavy atom. The van der Waals surface area contributed by atoms with Crippen LogP contribution in [0, 0.1) is 0 Å². The van der Waals surface area contributed by atoms with E-state index in [-0.39, 0.29) is 11.4 Å². The van der Waals surface area contributed by atoms with E-state index in [1.54, 1.807) is 0 Å². The number of para-hydroxylation sites is 3. The average molecular weight is 347 g/mol. The summed E-state index contributed by atoms with van der Waals surface area (Å²) >= 11 is 0. The number of amides is 1. The van der Waals surface area contributed by atoms with Crippen LogP contribution in [0.25, 0.3) is 16.7 Å². The summed E-state index contributed by atoms with van der Waals surface area (Å²) in [5, 5.41) is 17.1. The van der Waals surface area contributed by atoms with Gasteiger partial charge in [0.2, 0.25) is 5.95 Å². The third-order valence-electron chi connectivity index (χ3n) is 4.13. The van der Waals surface area contributed by atoms with Gasteiger partial charge in [0.25, 0.3) is 5.91 Å². The van der Waals surface area contributed by atoms with E-state index >= 15 is 0 Å². The number of nitrogens with one attached hydrogen (secondary N) is 1. The smallest absolute Gasteiger partial charge is 0.282 e. The first-order chi connectivity index (χ1) is 12.7. The minimum Gasteiger partial charge on any atom is -0.504 e. The quantitative estimate of drug-likeness (QED) is 0.594. The second kappa shape index (κ2) is 6.36. The summed E-state index contributed by atoms with van der Waals surface area (Å²) in [6.07, 6.45) is 1.41. The summed E-state index contributed by atoms with van der Waals surface area (Å²) in [6, 6.07) is 16.9. The van der Waals surface area contributed by atoms with Crippen LogP contribution in [0.1, 0.15) is 17.4 Å². The summed E-state index contributed by atoms with van der Waals surface area (Å²) in [6.45, 7) is 2.63. The van der Waals surface area contributed by atoms with Crippen molar-refractivity contribution in [1.29, 1.82) is 0 Å². The highest BCUT2D eigenvalue weighted by Gasteiger charge is 2.20. The number of nitrogens with zero attached hydrogens (tertiary/aromatic N) is 4. The third-order valence-corrected chi connectivity index (χ3v) is 4.13. The van der Waals surface area contributed by atoms with E-state index in [2.05, 4.69) is 15.4 Å². The number of hydrogen-bond acceptors (Lipinski definition) is 4. The molecule has 0 bridgehead atoms. The van der Waals surface area contributed by atoms with Crippen LogP contribution in [0.15, 0.2) is 60.8 Å². The lowest BCUT2D eigenvalue weighted by Gasteiger charge is -2.06. The number of benzene rings is 2. The second-order valence-corrected chi connectivity index (χ2v) is 5.77. The van der Waals surface area contributed by atoms with Crippen LogP contribution in [0.3, 0.4) is 0 Å². The normalized spacial score (nSPS) is 11.0. The van der Waals surface area contributed by atoms with Gasteiger partial charge in [0, 0.05) is 6.54 Å². The molecule has 2 N–H and O–H groups in total. The fraction of sp³-hybridized carbons (Fsp3) is 0.105. The first-order valence-corrected chi connectivity index (χ1v) is 8.28. The van der Waals surface area contributed by atoms with Crippen LogP contribution in [-0.2, 0) is 6.54 Å². The Labute approximate surface area is 149 Å². The molecule has 7 nitrogen and oxygen atoms in total. The van der Waals surface area contributed by atoms with E-state index in [4.69, 9.17) is 0 Å². The second-order valence-electron chi connectivity index (χ2n) is 5.77. The SMILES string of the molecule is CCn1c(NC(=O)c2nn(-c3ccccc3)cc2O)nc2ccccc21. The van der Waals surface area contributed by atoms with Gasteiger partial charge in [-0.2, -0.15) is 5.10 Å². The van der Waals surface area contributed by atoms with Crippen molar-refractivity contribution < 1.29 is 9.90 Å². The number of aromatic hydroxyl groups is 1. The lowest BCUT2D eigenvalue weighted by molar-refractivity contribution is 0.101. The Morgan fingerprint density at radius 3 is 2.62 bits per heavy atom. The number of rotatable bonds is 4. The molecule has 1 amide bonds.